The van der Waals surface area contributed by atoms with E-state index in [1.165, 1.54) is 32.1 Å². The van der Waals surface area contributed by atoms with Crippen molar-refractivity contribution in [3.05, 3.63) is 0 Å². The molecule has 2 atom stereocenters. The molecule has 4 rings (SSSR count). The third kappa shape index (κ3) is 3.48. The average Bonchev–Trinajstić information content (AvgIpc) is 2.49. The van der Waals surface area contributed by atoms with Crippen LogP contribution in [0.1, 0.15) is 72.6 Å². The molecule has 0 N–H and O–H groups in total. The van der Waals surface area contributed by atoms with Gasteiger partial charge in [0.05, 0.1) is 11.8 Å². The molecule has 4 nitrogen and oxygen atoms in total. The molecule has 0 spiro atoms. The first-order valence-corrected chi connectivity index (χ1v) is 9.59. The highest BCUT2D eigenvalue weighted by molar-refractivity contribution is 5.76. The van der Waals surface area contributed by atoms with Crippen molar-refractivity contribution < 1.29 is 19.1 Å². The molecule has 0 radical (unpaired) electrons. The highest BCUT2D eigenvalue weighted by Gasteiger charge is 2.54. The molecule has 2 unspecified atom stereocenters. The Labute approximate surface area is 145 Å². The second-order valence-electron chi connectivity index (χ2n) is 9.36. The van der Waals surface area contributed by atoms with Crippen LogP contribution in [-0.2, 0) is 19.1 Å². The van der Waals surface area contributed by atoms with Crippen molar-refractivity contribution in [3.63, 3.8) is 0 Å². The summed E-state index contributed by atoms with van der Waals surface area (Å²) in [5, 5.41) is 0. The molecule has 0 aliphatic heterocycles. The molecule has 0 heterocycles. The Kier molecular flexibility index (Phi) is 4.69. The topological polar surface area (TPSA) is 52.6 Å². The maximum atomic E-state index is 12.2. The normalized spacial score (nSPS) is 37.3. The number of ether oxygens (including phenoxy) is 2. The summed E-state index contributed by atoms with van der Waals surface area (Å²) < 4.78 is 11.1. The SMILES string of the molecule is CCC(C)(C)C(=O)OCCC(=O)OC1C2CC3CC1CC(C)(C3)C2. The lowest BCUT2D eigenvalue weighted by Crippen LogP contribution is -2.53. The van der Waals surface area contributed by atoms with E-state index in [9.17, 15) is 9.59 Å². The van der Waals surface area contributed by atoms with Gasteiger partial charge in [0, 0.05) is 0 Å². The van der Waals surface area contributed by atoms with E-state index >= 15 is 0 Å². The van der Waals surface area contributed by atoms with Gasteiger partial charge in [-0.25, -0.2) is 0 Å². The zero-order chi connectivity index (χ0) is 17.5. The van der Waals surface area contributed by atoms with Crippen LogP contribution in [-0.4, -0.2) is 24.6 Å². The molecule has 4 aliphatic carbocycles. The average molecular weight is 336 g/mol. The van der Waals surface area contributed by atoms with Gasteiger partial charge in [-0.05, 0) is 75.5 Å². The van der Waals surface area contributed by atoms with Gasteiger partial charge in [0.1, 0.15) is 12.7 Å². The first-order chi connectivity index (χ1) is 11.2. The molecule has 0 aromatic carbocycles. The van der Waals surface area contributed by atoms with Gasteiger partial charge in [-0.3, -0.25) is 9.59 Å². The molecule has 0 aromatic heterocycles. The van der Waals surface area contributed by atoms with Crippen molar-refractivity contribution in [1.29, 1.82) is 0 Å². The van der Waals surface area contributed by atoms with Crippen LogP contribution in [0.3, 0.4) is 0 Å². The first kappa shape index (κ1) is 17.8. The quantitative estimate of drug-likeness (QED) is 0.685. The largest absolute Gasteiger partial charge is 0.465 e. The van der Waals surface area contributed by atoms with Crippen LogP contribution in [0, 0.1) is 28.6 Å². The molecule has 0 saturated heterocycles. The fourth-order valence-electron chi connectivity index (χ4n) is 5.35. The van der Waals surface area contributed by atoms with Crippen molar-refractivity contribution in [2.24, 2.45) is 28.6 Å². The summed E-state index contributed by atoms with van der Waals surface area (Å²) >= 11 is 0. The third-order valence-electron chi connectivity index (χ3n) is 6.74. The summed E-state index contributed by atoms with van der Waals surface area (Å²) in [5.41, 5.74) is 0.00143. The van der Waals surface area contributed by atoms with Crippen LogP contribution in [0.4, 0.5) is 0 Å². The minimum atomic E-state index is -0.485. The molecule has 4 aliphatic rings. The van der Waals surface area contributed by atoms with Gasteiger partial charge in [-0.1, -0.05) is 13.8 Å². The van der Waals surface area contributed by atoms with E-state index in [-0.39, 0.29) is 31.1 Å². The summed E-state index contributed by atoms with van der Waals surface area (Å²) in [5.74, 6) is 1.50. The number of carbonyl (C=O) groups excluding carboxylic acids is 2. The van der Waals surface area contributed by atoms with E-state index in [2.05, 4.69) is 6.92 Å². The predicted octanol–water partition coefficient (Wildman–Crippen LogP) is 4.11. The van der Waals surface area contributed by atoms with Gasteiger partial charge in [0.25, 0.3) is 0 Å². The molecular weight excluding hydrogens is 304 g/mol. The number of hydrogen-bond donors (Lipinski definition) is 0. The van der Waals surface area contributed by atoms with Crippen molar-refractivity contribution in [1.82, 2.24) is 0 Å². The van der Waals surface area contributed by atoms with E-state index < -0.39 is 5.41 Å². The Morgan fingerprint density at radius 3 is 2.29 bits per heavy atom. The van der Waals surface area contributed by atoms with E-state index in [0.29, 0.717) is 17.3 Å². The van der Waals surface area contributed by atoms with E-state index in [0.717, 1.165) is 12.3 Å². The van der Waals surface area contributed by atoms with Crippen LogP contribution in [0.25, 0.3) is 0 Å². The highest BCUT2D eigenvalue weighted by Crippen LogP contribution is 2.60. The summed E-state index contributed by atoms with van der Waals surface area (Å²) in [7, 11) is 0. The third-order valence-corrected chi connectivity index (χ3v) is 6.74. The number of carbonyl (C=O) groups is 2. The van der Waals surface area contributed by atoms with Crippen molar-refractivity contribution in [2.45, 2.75) is 78.7 Å². The molecular formula is C20H32O4. The molecule has 4 bridgehead atoms. The van der Waals surface area contributed by atoms with Crippen LogP contribution >= 0.6 is 0 Å². The summed E-state index contributed by atoms with van der Waals surface area (Å²) in [6.07, 6.45) is 7.22. The van der Waals surface area contributed by atoms with E-state index in [1.807, 2.05) is 20.8 Å². The van der Waals surface area contributed by atoms with Crippen molar-refractivity contribution in [2.75, 3.05) is 6.61 Å². The van der Waals surface area contributed by atoms with Gasteiger partial charge in [-0.2, -0.15) is 0 Å². The van der Waals surface area contributed by atoms with Gasteiger partial charge in [-0.15, -0.1) is 0 Å². The molecule has 4 fully saturated rings. The lowest BCUT2D eigenvalue weighted by Gasteiger charge is -2.58. The second-order valence-corrected chi connectivity index (χ2v) is 9.36. The van der Waals surface area contributed by atoms with Gasteiger partial charge in [0.15, 0.2) is 0 Å². The summed E-state index contributed by atoms with van der Waals surface area (Å²) in [6.45, 7) is 8.22. The monoisotopic (exact) mass is 336 g/mol. The Bertz CT molecular complexity index is 494. The Hall–Kier alpha value is -1.06. The Morgan fingerprint density at radius 1 is 1.12 bits per heavy atom. The smallest absolute Gasteiger partial charge is 0.311 e. The lowest BCUT2D eigenvalue weighted by atomic mass is 9.49. The molecule has 0 amide bonds. The van der Waals surface area contributed by atoms with Crippen molar-refractivity contribution >= 4 is 11.9 Å². The minimum absolute atomic E-state index is 0.102. The van der Waals surface area contributed by atoms with Crippen molar-refractivity contribution in [3.8, 4) is 0 Å². The van der Waals surface area contributed by atoms with Crippen LogP contribution in [0.2, 0.25) is 0 Å². The number of hydrogen-bond acceptors (Lipinski definition) is 4. The molecule has 4 heteroatoms. The fourth-order valence-corrected chi connectivity index (χ4v) is 5.35. The van der Waals surface area contributed by atoms with Crippen LogP contribution in [0.5, 0.6) is 0 Å². The van der Waals surface area contributed by atoms with Crippen LogP contribution in [0.15, 0.2) is 0 Å². The number of esters is 2. The Balaban J connectivity index is 1.46. The van der Waals surface area contributed by atoms with E-state index in [4.69, 9.17) is 9.47 Å². The maximum Gasteiger partial charge on any atom is 0.311 e. The molecule has 4 saturated carbocycles. The zero-order valence-corrected chi connectivity index (χ0v) is 15.6. The van der Waals surface area contributed by atoms with Crippen LogP contribution < -0.4 is 0 Å². The maximum absolute atomic E-state index is 12.2. The zero-order valence-electron chi connectivity index (χ0n) is 15.6. The molecule has 0 aromatic rings. The first-order valence-electron chi connectivity index (χ1n) is 9.59. The standard InChI is InChI=1S/C20H32O4/c1-5-19(2,3)18(22)23-7-6-16(21)24-17-14-8-13-9-15(17)12-20(4,10-13)11-14/h13-15,17H,5-12H2,1-4H3. The second kappa shape index (κ2) is 6.34. The minimum Gasteiger partial charge on any atom is -0.465 e. The molecule has 24 heavy (non-hydrogen) atoms. The summed E-state index contributed by atoms with van der Waals surface area (Å²) in [4.78, 5) is 24.1. The molecule has 136 valence electrons. The predicted molar refractivity (Wildman–Crippen MR) is 91.2 cm³/mol. The van der Waals surface area contributed by atoms with Gasteiger partial charge < -0.3 is 9.47 Å². The Morgan fingerprint density at radius 2 is 1.75 bits per heavy atom. The summed E-state index contributed by atoms with van der Waals surface area (Å²) in [6, 6.07) is 0. The highest BCUT2D eigenvalue weighted by atomic mass is 16.6. The van der Waals surface area contributed by atoms with Gasteiger partial charge in [0.2, 0.25) is 0 Å². The lowest BCUT2D eigenvalue weighted by molar-refractivity contribution is -0.181. The number of rotatable bonds is 6. The van der Waals surface area contributed by atoms with E-state index in [1.54, 1.807) is 0 Å². The fraction of sp³-hybridized carbons (Fsp3) is 0.900. The van der Waals surface area contributed by atoms with Gasteiger partial charge >= 0.3 is 11.9 Å².